The summed E-state index contributed by atoms with van der Waals surface area (Å²) < 4.78 is 1.82. The summed E-state index contributed by atoms with van der Waals surface area (Å²) in [5.74, 6) is 0.615. The highest BCUT2D eigenvalue weighted by Gasteiger charge is 2.33. The Bertz CT molecular complexity index is 1350. The van der Waals surface area contributed by atoms with Gasteiger partial charge in [0, 0.05) is 55.7 Å². The van der Waals surface area contributed by atoms with Crippen molar-refractivity contribution >= 4 is 17.5 Å². The van der Waals surface area contributed by atoms with Crippen molar-refractivity contribution in [1.82, 2.24) is 19.6 Å². The summed E-state index contributed by atoms with van der Waals surface area (Å²) in [5, 5.41) is 7.44. The molecule has 2 aromatic carbocycles. The van der Waals surface area contributed by atoms with Crippen LogP contribution in [0.25, 0.3) is 11.1 Å². The summed E-state index contributed by atoms with van der Waals surface area (Å²) in [6.07, 6.45) is 11.9. The van der Waals surface area contributed by atoms with Crippen LogP contribution in [0.3, 0.4) is 0 Å². The molecule has 1 unspecified atom stereocenters. The Morgan fingerprint density at radius 3 is 2.35 bits per heavy atom. The lowest BCUT2D eigenvalue weighted by molar-refractivity contribution is -0.119. The highest BCUT2D eigenvalue weighted by Crippen LogP contribution is 2.32. The van der Waals surface area contributed by atoms with Gasteiger partial charge in [-0.2, -0.15) is 5.10 Å². The third kappa shape index (κ3) is 5.71. The van der Waals surface area contributed by atoms with Crippen molar-refractivity contribution in [3.05, 3.63) is 71.5 Å². The van der Waals surface area contributed by atoms with Crippen LogP contribution in [0.15, 0.2) is 54.9 Å². The average molecular weight is 540 g/mol. The quantitative estimate of drug-likeness (QED) is 0.442. The third-order valence-electron chi connectivity index (χ3n) is 9.38. The molecule has 1 atom stereocenters. The second kappa shape index (κ2) is 11.6. The van der Waals surface area contributed by atoms with Gasteiger partial charge in [0.2, 0.25) is 5.91 Å². The van der Waals surface area contributed by atoms with Gasteiger partial charge in [0.05, 0.1) is 12.1 Å². The molecule has 3 aromatic rings. The minimum atomic E-state index is 0.0248. The van der Waals surface area contributed by atoms with Crippen LogP contribution < -0.4 is 5.32 Å². The lowest BCUT2D eigenvalue weighted by Gasteiger charge is -2.32. The molecule has 3 aliphatic rings. The summed E-state index contributed by atoms with van der Waals surface area (Å²) in [4.78, 5) is 31.1. The Hall–Kier alpha value is -3.45. The van der Waals surface area contributed by atoms with E-state index in [0.29, 0.717) is 17.5 Å². The molecule has 0 spiro atoms. The van der Waals surface area contributed by atoms with Gasteiger partial charge in [-0.05, 0) is 80.3 Å². The lowest BCUT2D eigenvalue weighted by atomic mass is 9.88. The highest BCUT2D eigenvalue weighted by molar-refractivity contribution is 5.98. The first-order chi connectivity index (χ1) is 19.4. The molecule has 2 amide bonds. The number of piperidine rings is 1. The predicted octanol–water partition coefficient (Wildman–Crippen LogP) is 5.62. The van der Waals surface area contributed by atoms with Gasteiger partial charge in [-0.3, -0.25) is 19.2 Å². The molecule has 1 aromatic heterocycles. The molecule has 40 heavy (non-hydrogen) atoms. The van der Waals surface area contributed by atoms with Crippen molar-refractivity contribution in [2.75, 3.05) is 31.5 Å². The summed E-state index contributed by atoms with van der Waals surface area (Å²) in [5.41, 5.74) is 6.03. The van der Waals surface area contributed by atoms with Crippen LogP contribution in [0.2, 0.25) is 0 Å². The van der Waals surface area contributed by atoms with Gasteiger partial charge in [0.1, 0.15) is 0 Å². The van der Waals surface area contributed by atoms with Crippen LogP contribution in [0.1, 0.15) is 72.3 Å². The predicted molar refractivity (Wildman–Crippen MR) is 158 cm³/mol. The average Bonchev–Trinajstić information content (AvgIpc) is 3.76. The van der Waals surface area contributed by atoms with E-state index in [2.05, 4.69) is 39.6 Å². The van der Waals surface area contributed by atoms with Crippen molar-refractivity contribution in [1.29, 1.82) is 0 Å². The molecule has 1 aliphatic carbocycles. The SMILES string of the molecule is Cc1ccc(C(=O)N2CCC(c3ccc(-c4cnn(C)c4)cc3)CC2)cc1NC(=O)C1CCN(C2CCCC2)C1. The molecule has 3 fully saturated rings. The zero-order valence-corrected chi connectivity index (χ0v) is 23.8. The number of amides is 2. The number of carbonyl (C=O) groups is 2. The number of anilines is 1. The van der Waals surface area contributed by atoms with E-state index < -0.39 is 0 Å². The molecule has 0 bridgehead atoms. The second-order valence-corrected chi connectivity index (χ2v) is 12.0. The van der Waals surface area contributed by atoms with Crippen molar-refractivity contribution in [3.63, 3.8) is 0 Å². The van der Waals surface area contributed by atoms with Gasteiger partial charge in [-0.1, -0.05) is 43.2 Å². The standard InChI is InChI=1S/C33H41N5O2/c1-23-7-8-27(19-31(23)35-32(39)28-15-18-38(22-28)30-5-3-4-6-30)33(40)37-16-13-26(14-17-37)24-9-11-25(12-10-24)29-20-34-36(2)21-29/h7-12,19-21,26,28,30H,3-6,13-18,22H2,1-2H3,(H,35,39). The van der Waals surface area contributed by atoms with Crippen LogP contribution in [-0.4, -0.2) is 63.6 Å². The summed E-state index contributed by atoms with van der Waals surface area (Å²) in [6, 6.07) is 15.2. The smallest absolute Gasteiger partial charge is 0.253 e. The topological polar surface area (TPSA) is 70.5 Å². The zero-order chi connectivity index (χ0) is 27.6. The largest absolute Gasteiger partial charge is 0.339 e. The third-order valence-corrected chi connectivity index (χ3v) is 9.38. The van der Waals surface area contributed by atoms with E-state index in [-0.39, 0.29) is 17.7 Å². The summed E-state index contributed by atoms with van der Waals surface area (Å²) in [6.45, 7) is 5.35. The van der Waals surface area contributed by atoms with E-state index in [9.17, 15) is 9.59 Å². The number of nitrogens with zero attached hydrogens (tertiary/aromatic N) is 4. The van der Waals surface area contributed by atoms with E-state index in [0.717, 1.165) is 62.3 Å². The second-order valence-electron chi connectivity index (χ2n) is 12.0. The maximum absolute atomic E-state index is 13.4. The van der Waals surface area contributed by atoms with E-state index in [1.54, 1.807) is 0 Å². The molecule has 7 heteroatoms. The molecule has 1 N–H and O–H groups in total. The van der Waals surface area contributed by atoms with Gasteiger partial charge in [0.15, 0.2) is 0 Å². The normalized spacial score (nSPS) is 20.8. The molecule has 0 radical (unpaired) electrons. The monoisotopic (exact) mass is 539 g/mol. The van der Waals surface area contributed by atoms with Gasteiger partial charge in [-0.15, -0.1) is 0 Å². The number of hydrogen-bond acceptors (Lipinski definition) is 4. The minimum Gasteiger partial charge on any atom is -0.339 e. The van der Waals surface area contributed by atoms with Gasteiger partial charge in [-0.25, -0.2) is 0 Å². The first kappa shape index (κ1) is 26.8. The van der Waals surface area contributed by atoms with Crippen LogP contribution in [0.4, 0.5) is 5.69 Å². The molecular weight excluding hydrogens is 498 g/mol. The Balaban J connectivity index is 1.04. The zero-order valence-electron chi connectivity index (χ0n) is 23.8. The molecule has 3 heterocycles. The van der Waals surface area contributed by atoms with Crippen LogP contribution in [0, 0.1) is 12.8 Å². The van der Waals surface area contributed by atoms with Crippen molar-refractivity contribution < 1.29 is 9.59 Å². The van der Waals surface area contributed by atoms with E-state index in [4.69, 9.17) is 0 Å². The number of hydrogen-bond donors (Lipinski definition) is 1. The highest BCUT2D eigenvalue weighted by atomic mass is 16.2. The Kier molecular flexibility index (Phi) is 7.74. The molecule has 6 rings (SSSR count). The van der Waals surface area contributed by atoms with Crippen molar-refractivity contribution in [3.8, 4) is 11.1 Å². The minimum absolute atomic E-state index is 0.0248. The number of likely N-dealkylation sites (tertiary alicyclic amines) is 2. The fourth-order valence-corrected chi connectivity index (χ4v) is 6.84. The molecule has 7 nitrogen and oxygen atoms in total. The Morgan fingerprint density at radius 1 is 0.900 bits per heavy atom. The number of aryl methyl sites for hydroxylation is 2. The van der Waals surface area contributed by atoms with Gasteiger partial charge < -0.3 is 10.2 Å². The van der Waals surface area contributed by atoms with E-state index >= 15 is 0 Å². The lowest BCUT2D eigenvalue weighted by Crippen LogP contribution is -2.38. The molecular formula is C33H41N5O2. The number of aromatic nitrogens is 2. The fourth-order valence-electron chi connectivity index (χ4n) is 6.84. The summed E-state index contributed by atoms with van der Waals surface area (Å²) >= 11 is 0. The maximum atomic E-state index is 13.4. The number of rotatable bonds is 6. The number of benzene rings is 2. The molecule has 1 saturated carbocycles. The summed E-state index contributed by atoms with van der Waals surface area (Å²) in [7, 11) is 1.93. The van der Waals surface area contributed by atoms with Crippen LogP contribution >= 0.6 is 0 Å². The first-order valence-electron chi connectivity index (χ1n) is 15.0. The molecule has 210 valence electrons. The van der Waals surface area contributed by atoms with Crippen molar-refractivity contribution in [2.45, 2.75) is 63.8 Å². The Morgan fingerprint density at radius 2 is 1.65 bits per heavy atom. The van der Waals surface area contributed by atoms with E-state index in [1.807, 2.05) is 54.1 Å². The van der Waals surface area contributed by atoms with Crippen molar-refractivity contribution in [2.24, 2.45) is 13.0 Å². The number of carbonyl (C=O) groups excluding carboxylic acids is 2. The van der Waals surface area contributed by atoms with Gasteiger partial charge >= 0.3 is 0 Å². The van der Waals surface area contributed by atoms with Crippen LogP contribution in [-0.2, 0) is 11.8 Å². The molecule has 2 aliphatic heterocycles. The fraction of sp³-hybridized carbons (Fsp3) is 0.485. The Labute approximate surface area is 237 Å². The molecule has 2 saturated heterocycles. The van der Waals surface area contributed by atoms with Crippen LogP contribution in [0.5, 0.6) is 0 Å². The van der Waals surface area contributed by atoms with Gasteiger partial charge in [0.25, 0.3) is 5.91 Å². The number of nitrogens with one attached hydrogen (secondary N) is 1. The first-order valence-corrected chi connectivity index (χ1v) is 15.0. The van der Waals surface area contributed by atoms with E-state index in [1.165, 1.54) is 36.8 Å². The maximum Gasteiger partial charge on any atom is 0.253 e.